The third-order valence-corrected chi connectivity index (χ3v) is 6.82. The highest BCUT2D eigenvalue weighted by molar-refractivity contribution is 7.99. The molecular formula is C20H26N4OS. The maximum atomic E-state index is 13.5. The molecule has 2 aliphatic rings. The molecule has 0 saturated carbocycles. The van der Waals surface area contributed by atoms with Crippen LogP contribution in [0.4, 0.5) is 0 Å². The lowest BCUT2D eigenvalue weighted by Crippen LogP contribution is -2.55. The lowest BCUT2D eigenvalue weighted by Gasteiger charge is -2.39. The zero-order valence-corrected chi connectivity index (χ0v) is 15.8. The summed E-state index contributed by atoms with van der Waals surface area (Å²) in [7, 11) is 0. The summed E-state index contributed by atoms with van der Waals surface area (Å²) >= 11 is 1.90. The van der Waals surface area contributed by atoms with E-state index in [1.165, 1.54) is 4.90 Å². The maximum Gasteiger partial charge on any atom is 0.250 e. The van der Waals surface area contributed by atoms with Crippen molar-refractivity contribution in [1.82, 2.24) is 20.0 Å². The molecule has 138 valence electrons. The fraction of sp³-hybridized carbons (Fsp3) is 0.500. The smallest absolute Gasteiger partial charge is 0.250 e. The van der Waals surface area contributed by atoms with Crippen LogP contribution < -0.4 is 5.32 Å². The van der Waals surface area contributed by atoms with Gasteiger partial charge in [-0.3, -0.25) is 9.48 Å². The van der Waals surface area contributed by atoms with Gasteiger partial charge in [0.25, 0.3) is 5.91 Å². The van der Waals surface area contributed by atoms with Gasteiger partial charge in [0.15, 0.2) is 0 Å². The standard InChI is InChI=1S/C20H26N4OS/c25-19(20(8-11-21-12-9-20)24-13-4-10-22-24)23-14-7-17(15-23)16-26-18-5-2-1-3-6-18/h1-6,10,13,17,21H,7-9,11-12,14-16H2. The first-order chi connectivity index (χ1) is 12.8. The number of hydrogen-bond acceptors (Lipinski definition) is 4. The predicted octanol–water partition coefficient (Wildman–Crippen LogP) is 2.60. The molecule has 1 atom stereocenters. The summed E-state index contributed by atoms with van der Waals surface area (Å²) in [6.07, 6.45) is 6.45. The monoisotopic (exact) mass is 370 g/mol. The second-order valence-electron chi connectivity index (χ2n) is 7.26. The fourth-order valence-corrected chi connectivity index (χ4v) is 5.13. The Labute approximate surface area is 159 Å². The number of nitrogens with one attached hydrogen (secondary N) is 1. The molecule has 1 aromatic heterocycles. The summed E-state index contributed by atoms with van der Waals surface area (Å²) in [4.78, 5) is 16.9. The molecule has 4 rings (SSSR count). The van der Waals surface area contributed by atoms with Gasteiger partial charge in [-0.2, -0.15) is 5.10 Å². The number of thioether (sulfide) groups is 1. The summed E-state index contributed by atoms with van der Waals surface area (Å²) in [5.74, 6) is 1.90. The van der Waals surface area contributed by atoms with E-state index >= 15 is 0 Å². The number of hydrogen-bond donors (Lipinski definition) is 1. The Morgan fingerprint density at radius 3 is 2.77 bits per heavy atom. The van der Waals surface area contributed by atoms with Crippen molar-refractivity contribution in [3.63, 3.8) is 0 Å². The number of piperidine rings is 1. The Morgan fingerprint density at radius 1 is 1.23 bits per heavy atom. The van der Waals surface area contributed by atoms with E-state index in [9.17, 15) is 4.79 Å². The van der Waals surface area contributed by atoms with Gasteiger partial charge in [-0.25, -0.2) is 0 Å². The summed E-state index contributed by atoms with van der Waals surface area (Å²) in [5.41, 5.74) is -0.504. The van der Waals surface area contributed by atoms with Gasteiger partial charge in [-0.15, -0.1) is 11.8 Å². The SMILES string of the molecule is O=C(N1CCC(CSc2ccccc2)C1)C1(n2cccn2)CCNCC1. The van der Waals surface area contributed by atoms with Crippen molar-refractivity contribution in [2.24, 2.45) is 5.92 Å². The lowest BCUT2D eigenvalue weighted by molar-refractivity contribution is -0.142. The zero-order chi connectivity index (χ0) is 17.8. The van der Waals surface area contributed by atoms with E-state index in [0.29, 0.717) is 5.92 Å². The number of nitrogens with zero attached hydrogens (tertiary/aromatic N) is 3. The van der Waals surface area contributed by atoms with E-state index < -0.39 is 5.54 Å². The Balaban J connectivity index is 1.41. The van der Waals surface area contributed by atoms with Crippen molar-refractivity contribution in [1.29, 1.82) is 0 Å². The maximum absolute atomic E-state index is 13.5. The average Bonchev–Trinajstić information content (AvgIpc) is 3.39. The summed E-state index contributed by atoms with van der Waals surface area (Å²) < 4.78 is 1.90. The molecule has 0 radical (unpaired) electrons. The van der Waals surface area contributed by atoms with E-state index in [4.69, 9.17) is 0 Å². The number of likely N-dealkylation sites (tertiary alicyclic amines) is 1. The number of carbonyl (C=O) groups is 1. The molecule has 1 amide bonds. The van der Waals surface area contributed by atoms with Crippen molar-refractivity contribution < 1.29 is 4.79 Å². The number of aromatic nitrogens is 2. The van der Waals surface area contributed by atoms with E-state index in [-0.39, 0.29) is 5.91 Å². The lowest BCUT2D eigenvalue weighted by atomic mass is 9.87. The minimum atomic E-state index is -0.504. The molecule has 0 spiro atoms. The van der Waals surface area contributed by atoms with E-state index in [0.717, 1.165) is 51.2 Å². The molecule has 0 bridgehead atoms. The molecule has 6 heteroatoms. The zero-order valence-electron chi connectivity index (χ0n) is 15.0. The van der Waals surface area contributed by atoms with Crippen LogP contribution >= 0.6 is 11.8 Å². The number of benzene rings is 1. The minimum Gasteiger partial charge on any atom is -0.340 e. The van der Waals surface area contributed by atoms with Crippen molar-refractivity contribution in [3.05, 3.63) is 48.8 Å². The van der Waals surface area contributed by atoms with Crippen LogP contribution in [0.1, 0.15) is 19.3 Å². The fourth-order valence-electron chi connectivity index (χ4n) is 4.08. The number of amides is 1. The Bertz CT molecular complexity index is 713. The molecule has 3 heterocycles. The molecule has 1 unspecified atom stereocenters. The minimum absolute atomic E-state index is 0.259. The molecule has 2 saturated heterocycles. The molecule has 5 nitrogen and oxygen atoms in total. The van der Waals surface area contributed by atoms with E-state index in [1.807, 2.05) is 34.8 Å². The first kappa shape index (κ1) is 17.6. The van der Waals surface area contributed by atoms with Crippen LogP contribution in [0.2, 0.25) is 0 Å². The number of rotatable bonds is 5. The molecule has 2 aliphatic heterocycles. The Kier molecular flexibility index (Phi) is 5.31. The van der Waals surface area contributed by atoms with Gasteiger partial charge >= 0.3 is 0 Å². The first-order valence-corrected chi connectivity index (χ1v) is 10.4. The Morgan fingerprint density at radius 2 is 2.04 bits per heavy atom. The quantitative estimate of drug-likeness (QED) is 0.822. The van der Waals surface area contributed by atoms with Crippen molar-refractivity contribution in [2.45, 2.75) is 29.7 Å². The average molecular weight is 371 g/mol. The van der Waals surface area contributed by atoms with Crippen LogP contribution in [-0.2, 0) is 10.3 Å². The van der Waals surface area contributed by atoms with Crippen LogP contribution in [0, 0.1) is 5.92 Å². The van der Waals surface area contributed by atoms with Gasteiger partial charge in [0, 0.05) is 36.1 Å². The first-order valence-electron chi connectivity index (χ1n) is 9.46. The summed E-state index contributed by atoms with van der Waals surface area (Å²) in [6, 6.07) is 12.4. The molecular weight excluding hydrogens is 344 g/mol. The van der Waals surface area contributed by atoms with Crippen molar-refractivity contribution in [3.8, 4) is 0 Å². The molecule has 2 fully saturated rings. The highest BCUT2D eigenvalue weighted by Gasteiger charge is 2.45. The molecule has 26 heavy (non-hydrogen) atoms. The third-order valence-electron chi connectivity index (χ3n) is 5.57. The van der Waals surface area contributed by atoms with Crippen molar-refractivity contribution >= 4 is 17.7 Å². The van der Waals surface area contributed by atoms with E-state index in [2.05, 4.69) is 39.6 Å². The molecule has 1 aromatic carbocycles. The predicted molar refractivity (Wildman–Crippen MR) is 104 cm³/mol. The van der Waals surface area contributed by atoms with Crippen LogP contribution in [0.3, 0.4) is 0 Å². The van der Waals surface area contributed by atoms with Crippen LogP contribution in [0.15, 0.2) is 53.7 Å². The van der Waals surface area contributed by atoms with Crippen LogP contribution in [0.5, 0.6) is 0 Å². The topological polar surface area (TPSA) is 50.2 Å². The molecule has 1 N–H and O–H groups in total. The summed E-state index contributed by atoms with van der Waals surface area (Å²) in [5, 5.41) is 7.82. The van der Waals surface area contributed by atoms with Gasteiger partial charge in [0.1, 0.15) is 5.54 Å². The molecule has 0 aliphatic carbocycles. The van der Waals surface area contributed by atoms with Gasteiger partial charge in [-0.1, -0.05) is 18.2 Å². The molecule has 2 aromatic rings. The Hall–Kier alpha value is -1.79. The van der Waals surface area contributed by atoms with Gasteiger partial charge in [0.2, 0.25) is 0 Å². The second kappa shape index (κ2) is 7.84. The third kappa shape index (κ3) is 3.53. The van der Waals surface area contributed by atoms with Crippen LogP contribution in [0.25, 0.3) is 0 Å². The second-order valence-corrected chi connectivity index (χ2v) is 8.36. The van der Waals surface area contributed by atoms with Crippen molar-refractivity contribution in [2.75, 3.05) is 31.9 Å². The highest BCUT2D eigenvalue weighted by atomic mass is 32.2. The van der Waals surface area contributed by atoms with Gasteiger partial charge < -0.3 is 10.2 Å². The van der Waals surface area contributed by atoms with Crippen LogP contribution in [-0.4, -0.2) is 52.5 Å². The highest BCUT2D eigenvalue weighted by Crippen LogP contribution is 2.33. The summed E-state index contributed by atoms with van der Waals surface area (Å²) in [6.45, 7) is 3.48. The van der Waals surface area contributed by atoms with Gasteiger partial charge in [0.05, 0.1) is 0 Å². The van der Waals surface area contributed by atoms with Gasteiger partial charge in [-0.05, 0) is 56.5 Å². The number of carbonyl (C=O) groups excluding carboxylic acids is 1. The van der Waals surface area contributed by atoms with E-state index in [1.54, 1.807) is 6.20 Å². The largest absolute Gasteiger partial charge is 0.340 e. The normalized spacial score (nSPS) is 22.5.